The second-order valence-electron chi connectivity index (χ2n) is 4.12. The standard InChI is InChI=1S/C14H10FNO5/c1-21-14(20)7-2-3-11(15)8(4-7)10-6-16-12(17)5-9(10)13(18)19/h2-6H,1H3,(H,16,17)(H,18,19). The Labute approximate surface area is 117 Å². The quantitative estimate of drug-likeness (QED) is 0.838. The van der Waals surface area contributed by atoms with E-state index in [0.29, 0.717) is 0 Å². The lowest BCUT2D eigenvalue weighted by Gasteiger charge is -2.08. The fourth-order valence-electron chi connectivity index (χ4n) is 1.85. The van der Waals surface area contributed by atoms with Gasteiger partial charge < -0.3 is 14.8 Å². The molecule has 2 rings (SSSR count). The number of carboxylic acids is 1. The number of pyridine rings is 1. The predicted molar refractivity (Wildman–Crippen MR) is 70.8 cm³/mol. The molecule has 6 nitrogen and oxygen atoms in total. The second-order valence-corrected chi connectivity index (χ2v) is 4.12. The molecule has 2 aromatic rings. The van der Waals surface area contributed by atoms with Crippen LogP contribution in [0.3, 0.4) is 0 Å². The molecule has 0 unspecified atom stereocenters. The summed E-state index contributed by atoms with van der Waals surface area (Å²) in [5, 5.41) is 9.10. The molecule has 2 N–H and O–H groups in total. The highest BCUT2D eigenvalue weighted by atomic mass is 19.1. The molecule has 0 atom stereocenters. The van der Waals surface area contributed by atoms with Crippen LogP contribution in [0, 0.1) is 5.82 Å². The minimum absolute atomic E-state index is 0.0367. The van der Waals surface area contributed by atoms with Crippen molar-refractivity contribution in [2.45, 2.75) is 0 Å². The SMILES string of the molecule is COC(=O)c1ccc(F)c(-c2c[nH]c(=O)cc2C(=O)O)c1. The molecule has 0 aliphatic heterocycles. The molecule has 108 valence electrons. The fourth-order valence-corrected chi connectivity index (χ4v) is 1.85. The smallest absolute Gasteiger partial charge is 0.337 e. The van der Waals surface area contributed by atoms with Crippen LogP contribution in [0.4, 0.5) is 4.39 Å². The molecule has 0 saturated heterocycles. The highest BCUT2D eigenvalue weighted by Gasteiger charge is 2.17. The molecule has 0 saturated carbocycles. The molecule has 0 fully saturated rings. The second kappa shape index (κ2) is 5.58. The lowest BCUT2D eigenvalue weighted by molar-refractivity contribution is 0.0600. The number of H-pyrrole nitrogens is 1. The van der Waals surface area contributed by atoms with E-state index in [1.165, 1.54) is 19.2 Å². The van der Waals surface area contributed by atoms with E-state index in [1.807, 2.05) is 0 Å². The number of halogens is 1. The number of aromatic carboxylic acids is 1. The summed E-state index contributed by atoms with van der Waals surface area (Å²) in [4.78, 5) is 36.1. The molecule has 0 amide bonds. The molecule has 1 aromatic carbocycles. The van der Waals surface area contributed by atoms with Gasteiger partial charge >= 0.3 is 11.9 Å². The van der Waals surface area contributed by atoms with Gasteiger partial charge in [0.1, 0.15) is 5.82 Å². The van der Waals surface area contributed by atoms with E-state index >= 15 is 0 Å². The molecule has 0 radical (unpaired) electrons. The molecular weight excluding hydrogens is 281 g/mol. The first-order chi connectivity index (χ1) is 9.93. The highest BCUT2D eigenvalue weighted by molar-refractivity contribution is 5.97. The lowest BCUT2D eigenvalue weighted by atomic mass is 9.99. The average molecular weight is 291 g/mol. The topological polar surface area (TPSA) is 96.5 Å². The van der Waals surface area contributed by atoms with Crippen molar-refractivity contribution >= 4 is 11.9 Å². The van der Waals surface area contributed by atoms with Crippen LogP contribution in [0.25, 0.3) is 11.1 Å². The van der Waals surface area contributed by atoms with Gasteiger partial charge in [-0.1, -0.05) is 0 Å². The number of ether oxygens (including phenoxy) is 1. The minimum Gasteiger partial charge on any atom is -0.478 e. The van der Waals surface area contributed by atoms with Gasteiger partial charge in [-0.25, -0.2) is 14.0 Å². The zero-order valence-corrected chi connectivity index (χ0v) is 10.8. The maximum absolute atomic E-state index is 13.9. The number of esters is 1. The molecule has 0 aliphatic rings. The zero-order valence-electron chi connectivity index (χ0n) is 10.8. The summed E-state index contributed by atoms with van der Waals surface area (Å²) in [6, 6.07) is 4.26. The number of aromatic nitrogens is 1. The van der Waals surface area contributed by atoms with Gasteiger partial charge in [0.15, 0.2) is 0 Å². The van der Waals surface area contributed by atoms with Crippen molar-refractivity contribution in [3.63, 3.8) is 0 Å². The average Bonchev–Trinajstić information content (AvgIpc) is 2.47. The van der Waals surface area contributed by atoms with E-state index in [9.17, 15) is 18.8 Å². The Morgan fingerprint density at radius 2 is 1.95 bits per heavy atom. The maximum Gasteiger partial charge on any atom is 0.337 e. The Kier molecular flexibility index (Phi) is 3.84. The van der Waals surface area contributed by atoms with Crippen LogP contribution in [0.1, 0.15) is 20.7 Å². The first-order valence-electron chi connectivity index (χ1n) is 5.78. The maximum atomic E-state index is 13.9. The lowest BCUT2D eigenvalue weighted by Crippen LogP contribution is -2.11. The van der Waals surface area contributed by atoms with E-state index < -0.39 is 23.3 Å². The van der Waals surface area contributed by atoms with Crippen LogP contribution in [0.5, 0.6) is 0 Å². The van der Waals surface area contributed by atoms with Gasteiger partial charge in [-0.3, -0.25) is 4.79 Å². The minimum atomic E-state index is -1.38. The fraction of sp³-hybridized carbons (Fsp3) is 0.0714. The molecule has 21 heavy (non-hydrogen) atoms. The van der Waals surface area contributed by atoms with Crippen molar-refractivity contribution in [1.82, 2.24) is 4.98 Å². The Bertz CT molecular complexity index is 781. The summed E-state index contributed by atoms with van der Waals surface area (Å²) in [6.07, 6.45) is 1.09. The number of carboxylic acid groups (broad SMARTS) is 1. The first kappa shape index (κ1) is 14.4. The van der Waals surface area contributed by atoms with Gasteiger partial charge in [0.2, 0.25) is 5.56 Å². The predicted octanol–water partition coefficient (Wildman–Crippen LogP) is 1.67. The van der Waals surface area contributed by atoms with E-state index in [2.05, 4.69) is 9.72 Å². The summed E-state index contributed by atoms with van der Waals surface area (Å²) >= 11 is 0. The molecule has 0 bridgehead atoms. The normalized spacial score (nSPS) is 10.2. The molecule has 0 aliphatic carbocycles. The highest BCUT2D eigenvalue weighted by Crippen LogP contribution is 2.26. The number of methoxy groups -OCH3 is 1. The first-order valence-corrected chi connectivity index (χ1v) is 5.78. The number of nitrogens with one attached hydrogen (secondary N) is 1. The van der Waals surface area contributed by atoms with E-state index in [1.54, 1.807) is 0 Å². The summed E-state index contributed by atoms with van der Waals surface area (Å²) < 4.78 is 18.5. The van der Waals surface area contributed by atoms with Crippen LogP contribution in [-0.2, 0) is 4.74 Å². The van der Waals surface area contributed by atoms with Gasteiger partial charge in [-0.15, -0.1) is 0 Å². The molecule has 1 heterocycles. The van der Waals surface area contributed by atoms with Crippen LogP contribution in [-0.4, -0.2) is 29.1 Å². The third-order valence-electron chi connectivity index (χ3n) is 2.83. The molecule has 7 heteroatoms. The van der Waals surface area contributed by atoms with Crippen LogP contribution >= 0.6 is 0 Å². The Hall–Kier alpha value is -2.96. The van der Waals surface area contributed by atoms with Crippen molar-refractivity contribution in [3.8, 4) is 11.1 Å². The van der Waals surface area contributed by atoms with Crippen molar-refractivity contribution in [3.05, 3.63) is 57.8 Å². The third-order valence-corrected chi connectivity index (χ3v) is 2.83. The van der Waals surface area contributed by atoms with Gasteiger partial charge in [-0.2, -0.15) is 0 Å². The number of benzene rings is 1. The Morgan fingerprint density at radius 1 is 1.24 bits per heavy atom. The molecular formula is C14H10FNO5. The number of aromatic amines is 1. The number of rotatable bonds is 3. The van der Waals surface area contributed by atoms with Gasteiger partial charge in [0, 0.05) is 23.4 Å². The summed E-state index contributed by atoms with van der Waals surface area (Å²) in [5.74, 6) is -2.78. The Balaban J connectivity index is 2.69. The van der Waals surface area contributed by atoms with Crippen molar-refractivity contribution in [2.75, 3.05) is 7.11 Å². The zero-order chi connectivity index (χ0) is 15.6. The van der Waals surface area contributed by atoms with E-state index in [4.69, 9.17) is 5.11 Å². The van der Waals surface area contributed by atoms with Crippen molar-refractivity contribution < 1.29 is 23.8 Å². The number of carbonyl (C=O) groups is 2. The van der Waals surface area contributed by atoms with Crippen molar-refractivity contribution in [1.29, 1.82) is 0 Å². The number of hydrogen-bond acceptors (Lipinski definition) is 4. The monoisotopic (exact) mass is 291 g/mol. The largest absolute Gasteiger partial charge is 0.478 e. The van der Waals surface area contributed by atoms with Crippen molar-refractivity contribution in [2.24, 2.45) is 0 Å². The van der Waals surface area contributed by atoms with Gasteiger partial charge in [0.05, 0.1) is 18.2 Å². The Morgan fingerprint density at radius 3 is 2.57 bits per heavy atom. The van der Waals surface area contributed by atoms with Crippen LogP contribution in [0.2, 0.25) is 0 Å². The summed E-state index contributed by atoms with van der Waals surface area (Å²) in [7, 11) is 1.17. The van der Waals surface area contributed by atoms with Crippen LogP contribution in [0.15, 0.2) is 35.3 Å². The number of carbonyl (C=O) groups excluding carboxylic acids is 1. The third kappa shape index (κ3) is 2.81. The molecule has 1 aromatic heterocycles. The van der Waals surface area contributed by atoms with Gasteiger partial charge in [0.25, 0.3) is 0 Å². The molecule has 0 spiro atoms. The van der Waals surface area contributed by atoms with E-state index in [0.717, 1.165) is 18.3 Å². The van der Waals surface area contributed by atoms with Gasteiger partial charge in [-0.05, 0) is 18.2 Å². The summed E-state index contributed by atoms with van der Waals surface area (Å²) in [6.45, 7) is 0. The number of hydrogen-bond donors (Lipinski definition) is 2. The van der Waals surface area contributed by atoms with Crippen LogP contribution < -0.4 is 5.56 Å². The van der Waals surface area contributed by atoms with E-state index in [-0.39, 0.29) is 22.3 Å². The summed E-state index contributed by atoms with van der Waals surface area (Å²) in [5.41, 5.74) is -1.08.